The Labute approximate surface area is 174 Å². The Morgan fingerprint density at radius 3 is 2.50 bits per heavy atom. The number of nitrogens with one attached hydrogen (secondary N) is 2. The molecule has 1 saturated carbocycles. The zero-order valence-corrected chi connectivity index (χ0v) is 17.0. The van der Waals surface area contributed by atoms with Gasteiger partial charge in [-0.3, -0.25) is 14.9 Å². The van der Waals surface area contributed by atoms with Gasteiger partial charge in [-0.2, -0.15) is 0 Å². The van der Waals surface area contributed by atoms with Crippen molar-refractivity contribution in [3.63, 3.8) is 0 Å². The second-order valence-corrected chi connectivity index (χ2v) is 7.80. The summed E-state index contributed by atoms with van der Waals surface area (Å²) in [5.74, 6) is -1.80. The predicted molar refractivity (Wildman–Crippen MR) is 108 cm³/mol. The number of benzene rings is 1. The molecule has 1 fully saturated rings. The molecule has 0 saturated heterocycles. The number of carbonyl (C=O) groups excluding carboxylic acids is 2. The minimum absolute atomic E-state index is 0.202. The SMILES string of the molecule is CCCC(NC(=O)Cc1cc(F)cc(F)c1)C(=O)Nc1cc(C2CCCCC2)no1. The lowest BCUT2D eigenvalue weighted by atomic mass is 9.87. The average molecular weight is 419 g/mol. The summed E-state index contributed by atoms with van der Waals surface area (Å²) in [5.41, 5.74) is 1.04. The van der Waals surface area contributed by atoms with E-state index in [0.717, 1.165) is 36.7 Å². The summed E-state index contributed by atoms with van der Waals surface area (Å²) < 4.78 is 31.9. The molecule has 2 amide bonds. The third kappa shape index (κ3) is 6.11. The lowest BCUT2D eigenvalue weighted by Crippen LogP contribution is -2.44. The van der Waals surface area contributed by atoms with Crippen LogP contribution >= 0.6 is 0 Å². The minimum atomic E-state index is -0.788. The first kappa shape index (κ1) is 21.9. The average Bonchev–Trinajstić information content (AvgIpc) is 3.16. The summed E-state index contributed by atoms with van der Waals surface area (Å²) in [6.07, 6.45) is 6.55. The predicted octanol–water partition coefficient (Wildman–Crippen LogP) is 4.47. The van der Waals surface area contributed by atoms with Crippen LogP contribution < -0.4 is 10.6 Å². The van der Waals surface area contributed by atoms with Crippen LogP contribution in [-0.2, 0) is 16.0 Å². The van der Waals surface area contributed by atoms with Crippen LogP contribution in [-0.4, -0.2) is 23.0 Å². The van der Waals surface area contributed by atoms with Crippen molar-refractivity contribution >= 4 is 17.7 Å². The Morgan fingerprint density at radius 2 is 1.83 bits per heavy atom. The van der Waals surface area contributed by atoms with Crippen molar-refractivity contribution in [2.75, 3.05) is 5.32 Å². The van der Waals surface area contributed by atoms with Crippen LogP contribution in [0.15, 0.2) is 28.8 Å². The molecular formula is C22H27F2N3O3. The standard InChI is InChI=1S/C22H27F2N3O3/c1-2-6-18(25-20(28)11-14-9-16(23)12-17(24)10-14)22(29)26-21-13-19(27-30-21)15-7-4-3-5-8-15/h9-10,12-13,15,18H,2-8,11H2,1H3,(H,25,28)(H,26,29). The van der Waals surface area contributed by atoms with Gasteiger partial charge in [0.1, 0.15) is 17.7 Å². The number of hydrogen-bond donors (Lipinski definition) is 2. The molecule has 0 bridgehead atoms. The Morgan fingerprint density at radius 1 is 1.13 bits per heavy atom. The molecule has 1 heterocycles. The van der Waals surface area contributed by atoms with Crippen LogP contribution in [0.25, 0.3) is 0 Å². The number of halogens is 2. The van der Waals surface area contributed by atoms with Crippen molar-refractivity contribution in [1.82, 2.24) is 10.5 Å². The molecule has 1 unspecified atom stereocenters. The first-order chi connectivity index (χ1) is 14.4. The molecule has 1 aliphatic carbocycles. The number of aromatic nitrogens is 1. The van der Waals surface area contributed by atoms with Crippen LogP contribution in [0.1, 0.15) is 69.0 Å². The van der Waals surface area contributed by atoms with E-state index in [1.54, 1.807) is 6.07 Å². The van der Waals surface area contributed by atoms with E-state index in [0.29, 0.717) is 18.8 Å². The summed E-state index contributed by atoms with van der Waals surface area (Å²) in [6, 6.07) is 3.89. The highest BCUT2D eigenvalue weighted by Gasteiger charge is 2.23. The first-order valence-electron chi connectivity index (χ1n) is 10.5. The van der Waals surface area contributed by atoms with Crippen molar-refractivity contribution in [3.8, 4) is 0 Å². The van der Waals surface area contributed by atoms with E-state index in [1.165, 1.54) is 19.3 Å². The first-order valence-corrected chi connectivity index (χ1v) is 10.5. The van der Waals surface area contributed by atoms with Gasteiger partial charge in [0.2, 0.25) is 17.7 Å². The molecule has 2 aromatic rings. The van der Waals surface area contributed by atoms with Gasteiger partial charge in [0.25, 0.3) is 0 Å². The molecule has 0 radical (unpaired) electrons. The second kappa shape index (κ2) is 10.3. The molecule has 2 N–H and O–H groups in total. The van der Waals surface area contributed by atoms with Gasteiger partial charge < -0.3 is 9.84 Å². The zero-order chi connectivity index (χ0) is 21.5. The van der Waals surface area contributed by atoms with Crippen molar-refractivity contribution in [3.05, 3.63) is 47.2 Å². The molecule has 8 heteroatoms. The zero-order valence-electron chi connectivity index (χ0n) is 17.0. The van der Waals surface area contributed by atoms with Gasteiger partial charge in [-0.1, -0.05) is 37.8 Å². The molecule has 162 valence electrons. The number of rotatable bonds is 8. The molecule has 0 aliphatic heterocycles. The summed E-state index contributed by atoms with van der Waals surface area (Å²) in [4.78, 5) is 25.0. The Kier molecular flexibility index (Phi) is 7.54. The third-order valence-corrected chi connectivity index (χ3v) is 5.31. The van der Waals surface area contributed by atoms with Gasteiger partial charge >= 0.3 is 0 Å². The number of nitrogens with zero attached hydrogens (tertiary/aromatic N) is 1. The van der Waals surface area contributed by atoms with Gasteiger partial charge in [0.15, 0.2) is 0 Å². The Hall–Kier alpha value is -2.77. The molecule has 1 aromatic heterocycles. The number of amides is 2. The Bertz CT molecular complexity index is 858. The fraction of sp³-hybridized carbons (Fsp3) is 0.500. The number of anilines is 1. The van der Waals surface area contributed by atoms with Gasteiger partial charge in [-0.05, 0) is 37.0 Å². The topological polar surface area (TPSA) is 84.2 Å². The van der Waals surface area contributed by atoms with Gasteiger partial charge in [-0.25, -0.2) is 8.78 Å². The van der Waals surface area contributed by atoms with Crippen LogP contribution in [0.2, 0.25) is 0 Å². The van der Waals surface area contributed by atoms with Crippen molar-refractivity contribution < 1.29 is 22.9 Å². The third-order valence-electron chi connectivity index (χ3n) is 5.31. The monoisotopic (exact) mass is 419 g/mol. The summed E-state index contributed by atoms with van der Waals surface area (Å²) in [6.45, 7) is 1.89. The largest absolute Gasteiger partial charge is 0.344 e. The molecule has 30 heavy (non-hydrogen) atoms. The minimum Gasteiger partial charge on any atom is -0.344 e. The normalized spacial score (nSPS) is 15.6. The highest BCUT2D eigenvalue weighted by atomic mass is 19.1. The van der Waals surface area contributed by atoms with Crippen LogP contribution in [0.4, 0.5) is 14.7 Å². The van der Waals surface area contributed by atoms with Crippen LogP contribution in [0.3, 0.4) is 0 Å². The van der Waals surface area contributed by atoms with Crippen molar-refractivity contribution in [1.29, 1.82) is 0 Å². The lowest BCUT2D eigenvalue weighted by molar-refractivity contribution is -0.126. The highest BCUT2D eigenvalue weighted by molar-refractivity contribution is 5.96. The summed E-state index contributed by atoms with van der Waals surface area (Å²) in [5, 5.41) is 9.39. The van der Waals surface area contributed by atoms with Crippen molar-refractivity contribution in [2.45, 2.75) is 70.3 Å². The number of carbonyl (C=O) groups is 2. The van der Waals surface area contributed by atoms with Crippen LogP contribution in [0, 0.1) is 11.6 Å². The highest BCUT2D eigenvalue weighted by Crippen LogP contribution is 2.32. The molecule has 0 spiro atoms. The molecule has 3 rings (SSSR count). The Balaban J connectivity index is 1.58. The van der Waals surface area contributed by atoms with E-state index in [-0.39, 0.29) is 17.9 Å². The fourth-order valence-electron chi connectivity index (χ4n) is 3.85. The van der Waals surface area contributed by atoms with E-state index in [2.05, 4.69) is 15.8 Å². The maximum absolute atomic E-state index is 13.3. The smallest absolute Gasteiger partial charge is 0.249 e. The van der Waals surface area contributed by atoms with Crippen LogP contribution in [0.5, 0.6) is 0 Å². The van der Waals surface area contributed by atoms with Gasteiger partial charge in [-0.15, -0.1) is 0 Å². The second-order valence-electron chi connectivity index (χ2n) is 7.80. The molecule has 1 atom stereocenters. The van der Waals surface area contributed by atoms with E-state index in [9.17, 15) is 18.4 Å². The summed E-state index contributed by atoms with van der Waals surface area (Å²) in [7, 11) is 0. The van der Waals surface area contributed by atoms with Gasteiger partial charge in [0.05, 0.1) is 12.1 Å². The number of hydrogen-bond acceptors (Lipinski definition) is 4. The van der Waals surface area contributed by atoms with E-state index >= 15 is 0 Å². The summed E-state index contributed by atoms with van der Waals surface area (Å²) >= 11 is 0. The maximum Gasteiger partial charge on any atom is 0.249 e. The fourth-order valence-corrected chi connectivity index (χ4v) is 3.85. The maximum atomic E-state index is 13.3. The molecule has 1 aromatic carbocycles. The van der Waals surface area contributed by atoms with E-state index < -0.39 is 29.5 Å². The van der Waals surface area contributed by atoms with Gasteiger partial charge in [0, 0.05) is 18.1 Å². The molecule has 1 aliphatic rings. The molecular weight excluding hydrogens is 392 g/mol. The van der Waals surface area contributed by atoms with E-state index in [4.69, 9.17) is 4.52 Å². The molecule has 6 nitrogen and oxygen atoms in total. The van der Waals surface area contributed by atoms with E-state index in [1.807, 2.05) is 6.92 Å². The lowest BCUT2D eigenvalue weighted by Gasteiger charge is -2.18. The van der Waals surface area contributed by atoms with Crippen molar-refractivity contribution in [2.24, 2.45) is 0 Å². The quantitative estimate of drug-likeness (QED) is 0.661.